The van der Waals surface area contributed by atoms with Gasteiger partial charge in [0.1, 0.15) is 17.5 Å². The third-order valence-electron chi connectivity index (χ3n) is 7.82. The molecule has 2 bridgehead atoms. The smallest absolute Gasteiger partial charge is 0.330 e. The molecule has 2 aliphatic carbocycles. The average Bonchev–Trinajstić information content (AvgIpc) is 3.66. The van der Waals surface area contributed by atoms with Gasteiger partial charge >= 0.3 is 5.97 Å². The predicted octanol–water partition coefficient (Wildman–Crippen LogP) is 4.38. The van der Waals surface area contributed by atoms with Crippen LogP contribution in [0.1, 0.15) is 12.0 Å². The summed E-state index contributed by atoms with van der Waals surface area (Å²) in [6.07, 6.45) is 4.93. The Balaban J connectivity index is 1.10. The van der Waals surface area contributed by atoms with Crippen molar-refractivity contribution in [3.63, 3.8) is 0 Å². The van der Waals surface area contributed by atoms with Crippen LogP contribution in [0.2, 0.25) is 0 Å². The number of hydrogen-bond acceptors (Lipinski definition) is 6. The highest BCUT2D eigenvalue weighted by atomic mass is 16.5. The van der Waals surface area contributed by atoms with E-state index in [-0.39, 0.29) is 30.1 Å². The number of imide groups is 1. The van der Waals surface area contributed by atoms with Gasteiger partial charge in [-0.05, 0) is 60.2 Å². The Morgan fingerprint density at radius 2 is 1.38 bits per heavy atom. The van der Waals surface area contributed by atoms with E-state index in [1.165, 1.54) is 0 Å². The van der Waals surface area contributed by atoms with Crippen molar-refractivity contribution in [1.82, 2.24) is 4.90 Å². The zero-order chi connectivity index (χ0) is 27.6. The summed E-state index contributed by atoms with van der Waals surface area (Å²) in [5.74, 6) is -1.48. The number of ether oxygens (including phenoxy) is 2. The second-order valence-corrected chi connectivity index (χ2v) is 10.3. The normalized spacial score (nSPS) is 23.1. The summed E-state index contributed by atoms with van der Waals surface area (Å²) in [6, 6.07) is 24.1. The highest BCUT2D eigenvalue weighted by molar-refractivity contribution is 6.09. The van der Waals surface area contributed by atoms with Crippen LogP contribution in [0.5, 0.6) is 11.5 Å². The van der Waals surface area contributed by atoms with Gasteiger partial charge in [0.15, 0.2) is 6.61 Å². The number of carbonyl (C=O) groups is 4. The maximum absolute atomic E-state index is 13.4. The minimum Gasteiger partial charge on any atom is -0.457 e. The molecule has 5 atom stereocenters. The first kappa shape index (κ1) is 25.6. The highest BCUT2D eigenvalue weighted by Gasteiger charge is 2.61. The molecule has 202 valence electrons. The number of esters is 1. The molecule has 0 radical (unpaired) electrons. The molecule has 0 aromatic heterocycles. The summed E-state index contributed by atoms with van der Waals surface area (Å²) in [4.78, 5) is 53.9. The Hall–Kier alpha value is -4.72. The van der Waals surface area contributed by atoms with Crippen LogP contribution in [-0.4, -0.2) is 41.2 Å². The van der Waals surface area contributed by atoms with Crippen LogP contribution in [0, 0.1) is 23.7 Å². The van der Waals surface area contributed by atoms with Crippen molar-refractivity contribution in [2.45, 2.75) is 18.9 Å². The Labute approximate surface area is 231 Å². The van der Waals surface area contributed by atoms with Crippen LogP contribution in [0.4, 0.5) is 5.69 Å². The summed E-state index contributed by atoms with van der Waals surface area (Å²) in [7, 11) is 0. The molecule has 1 N–H and O–H groups in total. The molecule has 40 heavy (non-hydrogen) atoms. The number of rotatable bonds is 9. The lowest BCUT2D eigenvalue weighted by Crippen LogP contribution is -2.48. The summed E-state index contributed by atoms with van der Waals surface area (Å²) in [6.45, 7) is -0.553. The first-order valence-corrected chi connectivity index (χ1v) is 13.4. The number of anilines is 1. The summed E-state index contributed by atoms with van der Waals surface area (Å²) < 4.78 is 11.1. The minimum absolute atomic E-state index is 0.0279. The molecule has 3 aromatic rings. The van der Waals surface area contributed by atoms with Gasteiger partial charge in [-0.1, -0.05) is 60.7 Å². The zero-order valence-electron chi connectivity index (χ0n) is 21.6. The largest absolute Gasteiger partial charge is 0.457 e. The molecule has 3 amide bonds. The van der Waals surface area contributed by atoms with Gasteiger partial charge in [-0.15, -0.1) is 0 Å². The quantitative estimate of drug-likeness (QED) is 0.247. The third kappa shape index (κ3) is 5.00. The van der Waals surface area contributed by atoms with E-state index >= 15 is 0 Å². The summed E-state index contributed by atoms with van der Waals surface area (Å²) in [5.41, 5.74) is 1.29. The molecular weight excluding hydrogens is 508 g/mol. The van der Waals surface area contributed by atoms with Gasteiger partial charge in [-0.3, -0.25) is 19.3 Å². The van der Waals surface area contributed by atoms with Gasteiger partial charge < -0.3 is 14.8 Å². The molecule has 1 aliphatic heterocycles. The van der Waals surface area contributed by atoms with Crippen LogP contribution >= 0.6 is 0 Å². The van der Waals surface area contributed by atoms with Gasteiger partial charge in [-0.2, -0.15) is 0 Å². The Morgan fingerprint density at radius 3 is 2.00 bits per heavy atom. The summed E-state index contributed by atoms with van der Waals surface area (Å²) >= 11 is 0. The highest BCUT2D eigenvalue weighted by Crippen LogP contribution is 2.53. The molecule has 3 aromatic carbocycles. The number of nitrogens with one attached hydrogen (secondary N) is 1. The van der Waals surface area contributed by atoms with E-state index in [4.69, 9.17) is 9.47 Å². The fraction of sp³-hybridized carbons (Fsp3) is 0.250. The van der Waals surface area contributed by atoms with Crippen molar-refractivity contribution in [3.8, 4) is 11.5 Å². The molecule has 8 nitrogen and oxygen atoms in total. The topological polar surface area (TPSA) is 102 Å². The number of benzene rings is 3. The van der Waals surface area contributed by atoms with Crippen LogP contribution in [0.15, 0.2) is 97.1 Å². The van der Waals surface area contributed by atoms with E-state index < -0.39 is 36.4 Å². The molecule has 8 heteroatoms. The van der Waals surface area contributed by atoms with E-state index in [1.807, 2.05) is 72.8 Å². The second kappa shape index (κ2) is 10.8. The molecule has 1 saturated carbocycles. The lowest BCUT2D eigenvalue weighted by atomic mass is 9.85. The Kier molecular flexibility index (Phi) is 6.90. The van der Waals surface area contributed by atoms with Gasteiger partial charge in [0.05, 0.1) is 11.8 Å². The van der Waals surface area contributed by atoms with Crippen molar-refractivity contribution >= 4 is 29.4 Å². The minimum atomic E-state index is -1.14. The molecular formula is C32H28N2O6. The van der Waals surface area contributed by atoms with Crippen LogP contribution in [0.25, 0.3) is 0 Å². The lowest BCUT2D eigenvalue weighted by molar-refractivity contribution is -0.160. The predicted molar refractivity (Wildman–Crippen MR) is 146 cm³/mol. The van der Waals surface area contributed by atoms with E-state index in [0.717, 1.165) is 16.9 Å². The number of likely N-dealkylation sites (tertiary alicyclic amines) is 1. The standard InChI is InChI=1S/C32H28N2O6/c35-27(33-23-13-15-25(16-14-23)40-24-9-5-2-6-10-24)19-39-32(38)26(17-20-7-3-1-4-8-20)34-30(36)28-21-11-12-22(18-21)29(28)31(34)37/h1-16,21-22,26,28-29H,17-19H2,(H,33,35)/t21-,22-,26+,28-,29+/m0/s1. The maximum Gasteiger partial charge on any atom is 0.330 e. The number of para-hydroxylation sites is 1. The van der Waals surface area contributed by atoms with Crippen molar-refractivity contribution < 1.29 is 28.7 Å². The van der Waals surface area contributed by atoms with Crippen molar-refractivity contribution in [2.75, 3.05) is 11.9 Å². The molecule has 1 saturated heterocycles. The number of allylic oxidation sites excluding steroid dienone is 2. The van der Waals surface area contributed by atoms with E-state index in [9.17, 15) is 19.2 Å². The lowest BCUT2D eigenvalue weighted by Gasteiger charge is -2.26. The number of amides is 3. The van der Waals surface area contributed by atoms with Crippen molar-refractivity contribution in [2.24, 2.45) is 23.7 Å². The van der Waals surface area contributed by atoms with Crippen molar-refractivity contribution in [1.29, 1.82) is 0 Å². The van der Waals surface area contributed by atoms with E-state index in [0.29, 0.717) is 17.2 Å². The van der Waals surface area contributed by atoms with Crippen LogP contribution < -0.4 is 10.1 Å². The van der Waals surface area contributed by atoms with Crippen molar-refractivity contribution in [3.05, 3.63) is 103 Å². The molecule has 0 spiro atoms. The first-order valence-electron chi connectivity index (χ1n) is 13.4. The fourth-order valence-electron chi connectivity index (χ4n) is 6.01. The number of nitrogens with zero attached hydrogens (tertiary/aromatic N) is 1. The van der Waals surface area contributed by atoms with Gasteiger partial charge in [0.25, 0.3) is 5.91 Å². The van der Waals surface area contributed by atoms with Gasteiger partial charge in [0.2, 0.25) is 11.8 Å². The fourth-order valence-corrected chi connectivity index (χ4v) is 6.01. The average molecular weight is 537 g/mol. The zero-order valence-corrected chi connectivity index (χ0v) is 21.6. The number of fused-ring (bicyclic) bond motifs is 5. The van der Waals surface area contributed by atoms with Crippen LogP contribution in [-0.2, 0) is 30.3 Å². The molecule has 6 rings (SSSR count). The summed E-state index contributed by atoms with van der Waals surface area (Å²) in [5, 5.41) is 2.69. The van der Waals surface area contributed by atoms with Gasteiger partial charge in [-0.25, -0.2) is 4.79 Å². The molecule has 0 unspecified atom stereocenters. The van der Waals surface area contributed by atoms with Gasteiger partial charge in [0, 0.05) is 12.1 Å². The molecule has 1 heterocycles. The van der Waals surface area contributed by atoms with E-state index in [2.05, 4.69) is 5.32 Å². The molecule has 2 fully saturated rings. The van der Waals surface area contributed by atoms with Crippen LogP contribution in [0.3, 0.4) is 0 Å². The Bertz CT molecular complexity index is 1420. The monoisotopic (exact) mass is 536 g/mol. The molecule has 3 aliphatic rings. The Morgan fingerprint density at radius 1 is 0.800 bits per heavy atom. The maximum atomic E-state index is 13.4. The SMILES string of the molecule is O=C(COC(=O)[C@@H](Cc1ccccc1)N1C(=O)[C@@H]2[C@H](C1=O)[C@H]1C=C[C@H]2C1)Nc1ccc(Oc2ccccc2)cc1. The second-order valence-electron chi connectivity index (χ2n) is 10.3. The number of carbonyl (C=O) groups excluding carboxylic acids is 4. The first-order chi connectivity index (χ1) is 19.5. The van der Waals surface area contributed by atoms with E-state index in [1.54, 1.807) is 24.3 Å². The third-order valence-corrected chi connectivity index (χ3v) is 7.82. The number of hydrogen-bond donors (Lipinski definition) is 1.